The van der Waals surface area contributed by atoms with E-state index in [9.17, 15) is 4.79 Å². The molecule has 0 radical (unpaired) electrons. The molecule has 1 aromatic rings. The predicted molar refractivity (Wildman–Crippen MR) is 84.4 cm³/mol. The highest BCUT2D eigenvalue weighted by Gasteiger charge is 2.14. The standard InChI is InChI=1S/C17H26N2O2/c20-17(19-15-8-4-1-2-5-9-15)14-18-12-13-21-16-10-6-3-7-11-16/h3,6-7,10-11,15,18H,1-2,4-5,8-9,12-14H2,(H,19,20). The molecular formula is C17H26N2O2. The molecule has 0 heterocycles. The Bertz CT molecular complexity index is 401. The molecule has 0 saturated heterocycles. The number of carbonyl (C=O) groups is 1. The largest absolute Gasteiger partial charge is 0.492 e. The van der Waals surface area contributed by atoms with Crippen molar-refractivity contribution in [1.82, 2.24) is 10.6 Å². The number of amides is 1. The first-order valence-corrected chi connectivity index (χ1v) is 8.02. The van der Waals surface area contributed by atoms with Crippen molar-refractivity contribution in [2.24, 2.45) is 0 Å². The van der Waals surface area contributed by atoms with Gasteiger partial charge in [-0.2, -0.15) is 0 Å². The average Bonchev–Trinajstić information content (AvgIpc) is 2.76. The number of rotatable bonds is 7. The van der Waals surface area contributed by atoms with Gasteiger partial charge in [0.15, 0.2) is 0 Å². The summed E-state index contributed by atoms with van der Waals surface area (Å²) >= 11 is 0. The summed E-state index contributed by atoms with van der Waals surface area (Å²) in [7, 11) is 0. The van der Waals surface area contributed by atoms with Crippen molar-refractivity contribution in [2.75, 3.05) is 19.7 Å². The first-order chi connectivity index (χ1) is 10.3. The Morgan fingerprint density at radius 2 is 1.81 bits per heavy atom. The molecule has 1 saturated carbocycles. The van der Waals surface area contributed by atoms with Gasteiger partial charge in [-0.3, -0.25) is 4.79 Å². The number of ether oxygens (including phenoxy) is 1. The van der Waals surface area contributed by atoms with Gasteiger partial charge in [-0.1, -0.05) is 43.9 Å². The minimum absolute atomic E-state index is 0.0987. The van der Waals surface area contributed by atoms with E-state index in [1.807, 2.05) is 30.3 Å². The van der Waals surface area contributed by atoms with Crippen molar-refractivity contribution in [3.63, 3.8) is 0 Å². The third-order valence-corrected chi connectivity index (χ3v) is 3.80. The number of benzene rings is 1. The molecule has 0 aliphatic heterocycles. The molecule has 0 bridgehead atoms. The zero-order valence-corrected chi connectivity index (χ0v) is 12.6. The maximum atomic E-state index is 11.8. The highest BCUT2D eigenvalue weighted by molar-refractivity contribution is 5.78. The third kappa shape index (κ3) is 6.63. The average molecular weight is 290 g/mol. The van der Waals surface area contributed by atoms with Crippen LogP contribution in [0.3, 0.4) is 0 Å². The molecule has 1 aliphatic carbocycles. The van der Waals surface area contributed by atoms with E-state index in [0.717, 1.165) is 18.6 Å². The maximum absolute atomic E-state index is 11.8. The van der Waals surface area contributed by atoms with Gasteiger partial charge in [0.1, 0.15) is 12.4 Å². The number of carbonyl (C=O) groups excluding carboxylic acids is 1. The quantitative estimate of drug-likeness (QED) is 0.599. The molecule has 1 aliphatic rings. The molecule has 0 unspecified atom stereocenters. The van der Waals surface area contributed by atoms with Gasteiger partial charge in [-0.25, -0.2) is 0 Å². The summed E-state index contributed by atoms with van der Waals surface area (Å²) in [6, 6.07) is 10.1. The molecule has 0 spiro atoms. The summed E-state index contributed by atoms with van der Waals surface area (Å²) in [6.45, 7) is 1.61. The van der Waals surface area contributed by atoms with Crippen molar-refractivity contribution in [2.45, 2.75) is 44.6 Å². The van der Waals surface area contributed by atoms with Gasteiger partial charge in [-0.05, 0) is 25.0 Å². The number of hydrogen-bond acceptors (Lipinski definition) is 3. The van der Waals surface area contributed by atoms with Gasteiger partial charge >= 0.3 is 0 Å². The van der Waals surface area contributed by atoms with E-state index in [-0.39, 0.29) is 5.91 Å². The Labute approximate surface area is 127 Å². The second-order valence-electron chi connectivity index (χ2n) is 5.59. The van der Waals surface area contributed by atoms with E-state index in [1.165, 1.54) is 25.7 Å². The van der Waals surface area contributed by atoms with Crippen LogP contribution in [0.5, 0.6) is 5.75 Å². The second-order valence-corrected chi connectivity index (χ2v) is 5.59. The van der Waals surface area contributed by atoms with Gasteiger partial charge in [0.05, 0.1) is 6.54 Å². The fourth-order valence-corrected chi connectivity index (χ4v) is 2.66. The summed E-state index contributed by atoms with van der Waals surface area (Å²) in [5.41, 5.74) is 0. The SMILES string of the molecule is O=C(CNCCOc1ccccc1)NC1CCCCCC1. The lowest BCUT2D eigenvalue weighted by Gasteiger charge is -2.16. The zero-order chi connectivity index (χ0) is 14.8. The maximum Gasteiger partial charge on any atom is 0.234 e. The summed E-state index contributed by atoms with van der Waals surface area (Å²) in [4.78, 5) is 11.8. The lowest BCUT2D eigenvalue weighted by atomic mass is 10.1. The van der Waals surface area contributed by atoms with Gasteiger partial charge in [-0.15, -0.1) is 0 Å². The van der Waals surface area contributed by atoms with Crippen LogP contribution < -0.4 is 15.4 Å². The molecule has 1 aromatic carbocycles. The lowest BCUT2D eigenvalue weighted by molar-refractivity contribution is -0.121. The van der Waals surface area contributed by atoms with E-state index in [0.29, 0.717) is 25.7 Å². The van der Waals surface area contributed by atoms with Crippen molar-refractivity contribution in [3.05, 3.63) is 30.3 Å². The van der Waals surface area contributed by atoms with Crippen molar-refractivity contribution < 1.29 is 9.53 Å². The Morgan fingerprint density at radius 3 is 2.52 bits per heavy atom. The first-order valence-electron chi connectivity index (χ1n) is 8.02. The highest BCUT2D eigenvalue weighted by Crippen LogP contribution is 2.16. The predicted octanol–water partition coefficient (Wildman–Crippen LogP) is 2.49. The molecule has 2 N–H and O–H groups in total. The summed E-state index contributed by atoms with van der Waals surface area (Å²) in [5, 5.41) is 6.25. The van der Waals surface area contributed by atoms with Crippen LogP contribution in [0, 0.1) is 0 Å². The molecule has 4 nitrogen and oxygen atoms in total. The molecule has 2 rings (SSSR count). The van der Waals surface area contributed by atoms with Gasteiger partial charge in [0, 0.05) is 12.6 Å². The van der Waals surface area contributed by atoms with E-state index in [1.54, 1.807) is 0 Å². The molecule has 116 valence electrons. The molecule has 0 atom stereocenters. The van der Waals surface area contributed by atoms with Crippen LogP contribution in [0.4, 0.5) is 0 Å². The molecule has 4 heteroatoms. The third-order valence-electron chi connectivity index (χ3n) is 3.80. The fourth-order valence-electron chi connectivity index (χ4n) is 2.66. The van der Waals surface area contributed by atoms with Crippen molar-refractivity contribution in [1.29, 1.82) is 0 Å². The molecular weight excluding hydrogens is 264 g/mol. The first kappa shape index (κ1) is 15.8. The molecule has 21 heavy (non-hydrogen) atoms. The highest BCUT2D eigenvalue weighted by atomic mass is 16.5. The normalized spacial score (nSPS) is 16.2. The Kier molecular flexibility index (Phi) is 7.08. The number of nitrogens with one attached hydrogen (secondary N) is 2. The van der Waals surface area contributed by atoms with Crippen LogP contribution in [0.15, 0.2) is 30.3 Å². The Hall–Kier alpha value is -1.55. The van der Waals surface area contributed by atoms with E-state index in [4.69, 9.17) is 4.74 Å². The zero-order valence-electron chi connectivity index (χ0n) is 12.6. The van der Waals surface area contributed by atoms with Gasteiger partial charge in [0.2, 0.25) is 5.91 Å². The topological polar surface area (TPSA) is 50.4 Å². The molecule has 1 fully saturated rings. The fraction of sp³-hybridized carbons (Fsp3) is 0.588. The summed E-state index contributed by atoms with van der Waals surface area (Å²) in [6.07, 6.45) is 7.35. The van der Waals surface area contributed by atoms with Crippen molar-refractivity contribution in [3.8, 4) is 5.75 Å². The lowest BCUT2D eigenvalue weighted by Crippen LogP contribution is -2.41. The number of hydrogen-bond donors (Lipinski definition) is 2. The molecule has 0 aromatic heterocycles. The second kappa shape index (κ2) is 9.40. The minimum Gasteiger partial charge on any atom is -0.492 e. The van der Waals surface area contributed by atoms with Crippen LogP contribution in [0.2, 0.25) is 0 Å². The van der Waals surface area contributed by atoms with Gasteiger partial charge < -0.3 is 15.4 Å². The smallest absolute Gasteiger partial charge is 0.234 e. The van der Waals surface area contributed by atoms with Crippen LogP contribution in [-0.2, 0) is 4.79 Å². The minimum atomic E-state index is 0.0987. The number of para-hydroxylation sites is 1. The van der Waals surface area contributed by atoms with Gasteiger partial charge in [0.25, 0.3) is 0 Å². The molecule has 1 amide bonds. The van der Waals surface area contributed by atoms with Crippen LogP contribution in [-0.4, -0.2) is 31.6 Å². The van der Waals surface area contributed by atoms with Crippen LogP contribution in [0.1, 0.15) is 38.5 Å². The summed E-state index contributed by atoms with van der Waals surface area (Å²) < 4.78 is 5.56. The van der Waals surface area contributed by atoms with E-state index in [2.05, 4.69) is 10.6 Å². The monoisotopic (exact) mass is 290 g/mol. The van der Waals surface area contributed by atoms with E-state index >= 15 is 0 Å². The Balaban J connectivity index is 1.52. The van der Waals surface area contributed by atoms with Crippen LogP contribution >= 0.6 is 0 Å². The van der Waals surface area contributed by atoms with Crippen molar-refractivity contribution >= 4 is 5.91 Å². The van der Waals surface area contributed by atoms with E-state index < -0.39 is 0 Å². The summed E-state index contributed by atoms with van der Waals surface area (Å²) in [5.74, 6) is 0.962. The Morgan fingerprint density at radius 1 is 1.10 bits per heavy atom. The van der Waals surface area contributed by atoms with Crippen LogP contribution in [0.25, 0.3) is 0 Å².